The molecule has 2 rings (SSSR count). The Morgan fingerprint density at radius 3 is 2.81 bits per heavy atom. The highest BCUT2D eigenvalue weighted by molar-refractivity contribution is 5.73. The second-order valence-electron chi connectivity index (χ2n) is 6.76. The highest BCUT2D eigenvalue weighted by Gasteiger charge is 2.42. The first-order valence-electron chi connectivity index (χ1n) is 8.56. The van der Waals surface area contributed by atoms with Crippen molar-refractivity contribution in [3.8, 4) is 0 Å². The molecule has 1 unspecified atom stereocenters. The normalized spacial score (nSPS) is 24.6. The van der Waals surface area contributed by atoms with Crippen molar-refractivity contribution in [1.82, 2.24) is 15.5 Å². The highest BCUT2D eigenvalue weighted by Crippen LogP contribution is 2.44. The van der Waals surface area contributed by atoms with Crippen LogP contribution in [0.4, 0.5) is 4.79 Å². The van der Waals surface area contributed by atoms with Crippen LogP contribution < -0.4 is 10.6 Å². The first-order valence-corrected chi connectivity index (χ1v) is 8.56. The maximum absolute atomic E-state index is 11.9. The molecule has 0 aromatic carbocycles. The molecule has 5 nitrogen and oxygen atoms in total. The largest absolute Gasteiger partial charge is 0.396 e. The Kier molecular flexibility index (Phi) is 6.30. The summed E-state index contributed by atoms with van der Waals surface area (Å²) < 4.78 is 0. The Morgan fingerprint density at radius 1 is 1.33 bits per heavy atom. The van der Waals surface area contributed by atoms with Gasteiger partial charge in [-0.15, -0.1) is 0 Å². The van der Waals surface area contributed by atoms with E-state index >= 15 is 0 Å². The van der Waals surface area contributed by atoms with E-state index in [4.69, 9.17) is 0 Å². The minimum absolute atomic E-state index is 0.0185. The molecule has 1 heterocycles. The SMILES string of the molecule is CCCCN1CCCCC1CNC(=O)NCC1(CO)CC1. The molecule has 0 spiro atoms. The second-order valence-corrected chi connectivity index (χ2v) is 6.76. The van der Waals surface area contributed by atoms with Crippen LogP contribution in [0.5, 0.6) is 0 Å². The molecule has 2 aliphatic rings. The van der Waals surface area contributed by atoms with Crippen LogP contribution in [0.3, 0.4) is 0 Å². The van der Waals surface area contributed by atoms with Gasteiger partial charge in [-0.1, -0.05) is 19.8 Å². The van der Waals surface area contributed by atoms with Crippen LogP contribution in [0.1, 0.15) is 51.9 Å². The number of nitrogens with one attached hydrogen (secondary N) is 2. The predicted octanol–water partition coefficient (Wildman–Crippen LogP) is 1.71. The van der Waals surface area contributed by atoms with Gasteiger partial charge in [0.25, 0.3) is 0 Å². The molecule has 0 aromatic heterocycles. The minimum atomic E-state index is -0.0873. The van der Waals surface area contributed by atoms with Crippen LogP contribution in [-0.2, 0) is 0 Å². The lowest BCUT2D eigenvalue weighted by molar-refractivity contribution is 0.143. The van der Waals surface area contributed by atoms with Crippen molar-refractivity contribution >= 4 is 6.03 Å². The topological polar surface area (TPSA) is 64.6 Å². The van der Waals surface area contributed by atoms with Gasteiger partial charge in [0.05, 0.1) is 6.61 Å². The van der Waals surface area contributed by atoms with Gasteiger partial charge in [-0.3, -0.25) is 4.90 Å². The standard InChI is InChI=1S/C16H31N3O2/c1-2-3-9-19-10-5-4-6-14(19)11-17-15(21)18-12-16(13-20)7-8-16/h14,20H,2-13H2,1H3,(H2,17,18,21). The maximum atomic E-state index is 11.9. The molecule has 1 atom stereocenters. The third-order valence-electron chi connectivity index (χ3n) is 4.96. The number of amides is 2. The number of likely N-dealkylation sites (tertiary alicyclic amines) is 1. The molecular weight excluding hydrogens is 266 g/mol. The van der Waals surface area contributed by atoms with Gasteiger partial charge in [0.15, 0.2) is 0 Å². The van der Waals surface area contributed by atoms with Crippen molar-refractivity contribution < 1.29 is 9.90 Å². The molecule has 122 valence electrons. The smallest absolute Gasteiger partial charge is 0.314 e. The molecule has 1 aliphatic heterocycles. The lowest BCUT2D eigenvalue weighted by Gasteiger charge is -2.35. The molecule has 0 bridgehead atoms. The Morgan fingerprint density at radius 2 is 2.14 bits per heavy atom. The van der Waals surface area contributed by atoms with Gasteiger partial charge in [-0.25, -0.2) is 4.79 Å². The second kappa shape index (κ2) is 7.99. The zero-order valence-electron chi connectivity index (χ0n) is 13.4. The summed E-state index contributed by atoms with van der Waals surface area (Å²) in [4.78, 5) is 14.4. The molecule has 3 N–H and O–H groups in total. The van der Waals surface area contributed by atoms with Crippen molar-refractivity contribution in [2.24, 2.45) is 5.41 Å². The van der Waals surface area contributed by atoms with Crippen molar-refractivity contribution in [2.45, 2.75) is 57.9 Å². The maximum Gasteiger partial charge on any atom is 0.314 e. The Balaban J connectivity index is 1.66. The molecular formula is C16H31N3O2. The highest BCUT2D eigenvalue weighted by atomic mass is 16.3. The molecule has 1 saturated carbocycles. The van der Waals surface area contributed by atoms with E-state index in [1.165, 1.54) is 38.6 Å². The molecule has 0 radical (unpaired) electrons. The van der Waals surface area contributed by atoms with Crippen molar-refractivity contribution in [1.29, 1.82) is 0 Å². The summed E-state index contributed by atoms with van der Waals surface area (Å²) in [7, 11) is 0. The Labute approximate surface area is 128 Å². The number of hydrogen-bond acceptors (Lipinski definition) is 3. The van der Waals surface area contributed by atoms with Crippen LogP contribution in [0, 0.1) is 5.41 Å². The van der Waals surface area contributed by atoms with Crippen LogP contribution in [-0.4, -0.2) is 54.9 Å². The minimum Gasteiger partial charge on any atom is -0.396 e. The number of carbonyl (C=O) groups excluding carboxylic acids is 1. The quantitative estimate of drug-likeness (QED) is 0.639. The number of rotatable bonds is 8. The average Bonchev–Trinajstić information content (AvgIpc) is 3.30. The lowest BCUT2D eigenvalue weighted by atomic mass is 10.0. The van der Waals surface area contributed by atoms with E-state index < -0.39 is 0 Å². The van der Waals surface area contributed by atoms with Crippen LogP contribution >= 0.6 is 0 Å². The molecule has 2 amide bonds. The van der Waals surface area contributed by atoms with Gasteiger partial charge >= 0.3 is 6.03 Å². The molecule has 0 aromatic rings. The number of hydrogen-bond donors (Lipinski definition) is 3. The fourth-order valence-electron chi connectivity index (χ4n) is 3.06. The van der Waals surface area contributed by atoms with Gasteiger partial charge in [0.1, 0.15) is 0 Å². The first kappa shape index (κ1) is 16.6. The summed E-state index contributed by atoms with van der Waals surface area (Å²) >= 11 is 0. The van der Waals surface area contributed by atoms with Gasteiger partial charge in [0, 0.05) is 24.5 Å². The number of aliphatic hydroxyl groups excluding tert-OH is 1. The van der Waals surface area contributed by atoms with E-state index in [2.05, 4.69) is 22.5 Å². The van der Waals surface area contributed by atoms with Crippen molar-refractivity contribution in [2.75, 3.05) is 32.8 Å². The third-order valence-corrected chi connectivity index (χ3v) is 4.96. The number of carbonyl (C=O) groups is 1. The van der Waals surface area contributed by atoms with Gasteiger partial charge in [0.2, 0.25) is 0 Å². The van der Waals surface area contributed by atoms with E-state index in [1.54, 1.807) is 0 Å². The number of unbranched alkanes of at least 4 members (excludes halogenated alkanes) is 1. The Bertz CT molecular complexity index is 331. The van der Waals surface area contributed by atoms with E-state index in [1.807, 2.05) is 0 Å². The van der Waals surface area contributed by atoms with Crippen molar-refractivity contribution in [3.05, 3.63) is 0 Å². The average molecular weight is 297 g/mol. The predicted molar refractivity (Wildman–Crippen MR) is 84.3 cm³/mol. The van der Waals surface area contributed by atoms with Gasteiger partial charge < -0.3 is 15.7 Å². The van der Waals surface area contributed by atoms with E-state index in [-0.39, 0.29) is 18.1 Å². The third kappa shape index (κ3) is 5.15. The van der Waals surface area contributed by atoms with Gasteiger partial charge in [-0.2, -0.15) is 0 Å². The fourth-order valence-corrected chi connectivity index (χ4v) is 3.06. The van der Waals surface area contributed by atoms with E-state index in [9.17, 15) is 9.90 Å². The number of piperidine rings is 1. The van der Waals surface area contributed by atoms with E-state index in [0.29, 0.717) is 12.6 Å². The van der Waals surface area contributed by atoms with Crippen LogP contribution in [0.2, 0.25) is 0 Å². The molecule has 2 fully saturated rings. The lowest BCUT2D eigenvalue weighted by Crippen LogP contribution is -2.49. The summed E-state index contributed by atoms with van der Waals surface area (Å²) in [6.45, 7) is 6.06. The molecule has 1 saturated heterocycles. The first-order chi connectivity index (χ1) is 10.2. The monoisotopic (exact) mass is 297 g/mol. The summed E-state index contributed by atoms with van der Waals surface area (Å²) in [6.07, 6.45) is 8.25. The number of urea groups is 1. The molecule has 21 heavy (non-hydrogen) atoms. The zero-order valence-corrected chi connectivity index (χ0v) is 13.4. The van der Waals surface area contributed by atoms with E-state index in [0.717, 1.165) is 25.9 Å². The summed E-state index contributed by atoms with van der Waals surface area (Å²) in [5.74, 6) is 0. The molecule has 1 aliphatic carbocycles. The summed E-state index contributed by atoms with van der Waals surface area (Å²) in [5.41, 5.74) is -0.0185. The van der Waals surface area contributed by atoms with Crippen molar-refractivity contribution in [3.63, 3.8) is 0 Å². The van der Waals surface area contributed by atoms with Crippen LogP contribution in [0.25, 0.3) is 0 Å². The number of aliphatic hydroxyl groups is 1. The zero-order chi connectivity index (χ0) is 15.1. The number of nitrogens with zero attached hydrogens (tertiary/aromatic N) is 1. The van der Waals surface area contributed by atoms with Crippen LogP contribution in [0.15, 0.2) is 0 Å². The fraction of sp³-hybridized carbons (Fsp3) is 0.938. The van der Waals surface area contributed by atoms with Gasteiger partial charge in [-0.05, 0) is 45.2 Å². The summed E-state index contributed by atoms with van der Waals surface area (Å²) in [6, 6.07) is 0.402. The Hall–Kier alpha value is -0.810. The summed E-state index contributed by atoms with van der Waals surface area (Å²) in [5, 5.41) is 15.2. The molecule has 5 heteroatoms.